The number of aryl methyl sites for hydroxylation is 1. The molecule has 0 radical (unpaired) electrons. The zero-order valence-corrected chi connectivity index (χ0v) is 12.0. The van der Waals surface area contributed by atoms with Crippen LogP contribution in [0.4, 0.5) is 4.79 Å². The molecular weight excluding hydrogens is 246 g/mol. The predicted molar refractivity (Wildman–Crippen MR) is 68.7 cm³/mol. The van der Waals surface area contributed by atoms with E-state index in [4.69, 9.17) is 9.26 Å². The van der Waals surface area contributed by atoms with Gasteiger partial charge in [0.05, 0.1) is 0 Å². The Bertz CT molecular complexity index is 450. The summed E-state index contributed by atoms with van der Waals surface area (Å²) in [5, 5.41) is 3.77. The Morgan fingerprint density at radius 1 is 1.53 bits per heavy atom. The third kappa shape index (κ3) is 3.94. The van der Waals surface area contributed by atoms with E-state index in [-0.39, 0.29) is 6.09 Å². The van der Waals surface area contributed by atoms with Crippen molar-refractivity contribution in [1.82, 2.24) is 15.0 Å². The predicted octanol–water partition coefficient (Wildman–Crippen LogP) is 2.18. The number of carbonyl (C=O) groups is 1. The highest BCUT2D eigenvalue weighted by atomic mass is 16.6. The molecule has 106 valence electrons. The molecule has 1 saturated heterocycles. The average Bonchev–Trinajstić information content (AvgIpc) is 2.86. The lowest BCUT2D eigenvalue weighted by atomic mass is 10.1. The topological polar surface area (TPSA) is 68.5 Å². The van der Waals surface area contributed by atoms with E-state index in [2.05, 4.69) is 10.1 Å². The fourth-order valence-electron chi connectivity index (χ4n) is 2.16. The molecule has 6 heteroatoms. The van der Waals surface area contributed by atoms with E-state index in [1.807, 2.05) is 20.8 Å². The average molecular weight is 267 g/mol. The van der Waals surface area contributed by atoms with Crippen molar-refractivity contribution >= 4 is 6.09 Å². The van der Waals surface area contributed by atoms with Gasteiger partial charge in [-0.1, -0.05) is 5.16 Å². The van der Waals surface area contributed by atoms with Gasteiger partial charge in [0.1, 0.15) is 5.60 Å². The van der Waals surface area contributed by atoms with Crippen molar-refractivity contribution in [3.63, 3.8) is 0 Å². The number of nitrogens with zero attached hydrogens (tertiary/aromatic N) is 3. The van der Waals surface area contributed by atoms with Gasteiger partial charge in [-0.25, -0.2) is 4.79 Å². The smallest absolute Gasteiger partial charge is 0.410 e. The van der Waals surface area contributed by atoms with Crippen LogP contribution in [0.15, 0.2) is 4.52 Å². The fourth-order valence-corrected chi connectivity index (χ4v) is 2.16. The van der Waals surface area contributed by atoms with Crippen molar-refractivity contribution < 1.29 is 14.1 Å². The summed E-state index contributed by atoms with van der Waals surface area (Å²) in [5.41, 5.74) is -0.446. The molecule has 1 unspecified atom stereocenters. The van der Waals surface area contributed by atoms with Crippen LogP contribution in [0.2, 0.25) is 0 Å². The number of ether oxygens (including phenoxy) is 1. The van der Waals surface area contributed by atoms with Crippen molar-refractivity contribution in [1.29, 1.82) is 0 Å². The van der Waals surface area contributed by atoms with Crippen molar-refractivity contribution in [2.24, 2.45) is 5.92 Å². The second-order valence-corrected chi connectivity index (χ2v) is 6.02. The lowest BCUT2D eigenvalue weighted by molar-refractivity contribution is 0.0287. The Hall–Kier alpha value is -1.59. The first-order valence-corrected chi connectivity index (χ1v) is 6.60. The summed E-state index contributed by atoms with van der Waals surface area (Å²) in [4.78, 5) is 17.9. The van der Waals surface area contributed by atoms with Crippen LogP contribution < -0.4 is 0 Å². The van der Waals surface area contributed by atoms with Gasteiger partial charge in [0.15, 0.2) is 5.82 Å². The lowest BCUT2D eigenvalue weighted by Crippen LogP contribution is -2.35. The van der Waals surface area contributed by atoms with Crippen molar-refractivity contribution in [2.45, 2.75) is 46.1 Å². The number of aromatic nitrogens is 2. The van der Waals surface area contributed by atoms with Gasteiger partial charge in [-0.05, 0) is 40.0 Å². The van der Waals surface area contributed by atoms with Crippen LogP contribution in [-0.2, 0) is 11.2 Å². The largest absolute Gasteiger partial charge is 0.444 e. The molecule has 0 bridgehead atoms. The lowest BCUT2D eigenvalue weighted by Gasteiger charge is -2.24. The maximum absolute atomic E-state index is 11.9. The number of carbonyl (C=O) groups excluding carboxylic acids is 1. The number of likely N-dealkylation sites (tertiary alicyclic amines) is 1. The molecule has 0 aromatic carbocycles. The molecule has 1 aliphatic rings. The summed E-state index contributed by atoms with van der Waals surface area (Å²) in [6, 6.07) is 0. The van der Waals surface area contributed by atoms with Crippen LogP contribution in [0.1, 0.15) is 38.9 Å². The summed E-state index contributed by atoms with van der Waals surface area (Å²) in [5.74, 6) is 1.66. The van der Waals surface area contributed by atoms with Crippen molar-refractivity contribution in [3.05, 3.63) is 11.7 Å². The minimum absolute atomic E-state index is 0.239. The van der Waals surface area contributed by atoms with E-state index < -0.39 is 5.60 Å². The van der Waals surface area contributed by atoms with Crippen LogP contribution in [-0.4, -0.2) is 39.8 Å². The monoisotopic (exact) mass is 267 g/mol. The van der Waals surface area contributed by atoms with Gasteiger partial charge < -0.3 is 14.2 Å². The number of rotatable bonds is 2. The Kier molecular flexibility index (Phi) is 3.78. The third-order valence-electron chi connectivity index (χ3n) is 2.97. The molecule has 0 saturated carbocycles. The molecule has 1 aromatic rings. The van der Waals surface area contributed by atoms with E-state index in [0.29, 0.717) is 24.2 Å². The SMILES string of the molecule is Cc1noc(CC2CCN(C(=O)OC(C)(C)C)C2)n1. The molecular formula is C13H21N3O3. The summed E-state index contributed by atoms with van der Waals surface area (Å²) in [6.45, 7) is 8.84. The Morgan fingerprint density at radius 2 is 2.26 bits per heavy atom. The maximum atomic E-state index is 11.9. The minimum Gasteiger partial charge on any atom is -0.444 e. The van der Waals surface area contributed by atoms with Gasteiger partial charge in [-0.15, -0.1) is 0 Å². The molecule has 2 heterocycles. The number of amides is 1. The second kappa shape index (κ2) is 5.19. The molecule has 1 fully saturated rings. The molecule has 0 spiro atoms. The highest BCUT2D eigenvalue weighted by molar-refractivity contribution is 5.68. The third-order valence-corrected chi connectivity index (χ3v) is 2.97. The van der Waals surface area contributed by atoms with Crippen LogP contribution >= 0.6 is 0 Å². The van der Waals surface area contributed by atoms with Gasteiger partial charge in [0.25, 0.3) is 0 Å². The molecule has 1 amide bonds. The van der Waals surface area contributed by atoms with Crippen molar-refractivity contribution in [2.75, 3.05) is 13.1 Å². The van der Waals surface area contributed by atoms with Gasteiger partial charge in [-0.3, -0.25) is 0 Å². The first-order chi connectivity index (χ1) is 8.83. The second-order valence-electron chi connectivity index (χ2n) is 6.02. The summed E-state index contributed by atoms with van der Waals surface area (Å²) in [7, 11) is 0. The van der Waals surface area contributed by atoms with E-state index in [9.17, 15) is 4.79 Å². The molecule has 1 atom stereocenters. The Labute approximate surface area is 113 Å². The van der Waals surface area contributed by atoms with Gasteiger partial charge in [-0.2, -0.15) is 4.98 Å². The summed E-state index contributed by atoms with van der Waals surface area (Å²) < 4.78 is 10.5. The van der Waals surface area contributed by atoms with Crippen LogP contribution in [0.5, 0.6) is 0 Å². The zero-order valence-electron chi connectivity index (χ0n) is 12.0. The molecule has 1 aliphatic heterocycles. The van der Waals surface area contributed by atoms with Crippen LogP contribution in [0.3, 0.4) is 0 Å². The van der Waals surface area contributed by atoms with Gasteiger partial charge in [0, 0.05) is 19.5 Å². The Balaban J connectivity index is 1.84. The first-order valence-electron chi connectivity index (χ1n) is 6.60. The molecule has 1 aromatic heterocycles. The fraction of sp³-hybridized carbons (Fsp3) is 0.769. The molecule has 19 heavy (non-hydrogen) atoms. The molecule has 0 aliphatic carbocycles. The standard InChI is InChI=1S/C13H21N3O3/c1-9-14-11(19-15-9)7-10-5-6-16(8-10)12(17)18-13(2,3)4/h10H,5-8H2,1-4H3. The molecule has 6 nitrogen and oxygen atoms in total. The normalized spacial score (nSPS) is 19.8. The molecule has 0 N–H and O–H groups in total. The quantitative estimate of drug-likeness (QED) is 0.821. The van der Waals surface area contributed by atoms with E-state index >= 15 is 0 Å². The number of hydrogen-bond acceptors (Lipinski definition) is 5. The Morgan fingerprint density at radius 3 is 2.84 bits per heavy atom. The van der Waals surface area contributed by atoms with Crippen LogP contribution in [0.25, 0.3) is 0 Å². The molecule has 2 rings (SSSR count). The van der Waals surface area contributed by atoms with E-state index in [0.717, 1.165) is 19.4 Å². The van der Waals surface area contributed by atoms with E-state index in [1.165, 1.54) is 0 Å². The highest BCUT2D eigenvalue weighted by Crippen LogP contribution is 2.22. The summed E-state index contributed by atoms with van der Waals surface area (Å²) >= 11 is 0. The first kappa shape index (κ1) is 13.8. The number of hydrogen-bond donors (Lipinski definition) is 0. The zero-order chi connectivity index (χ0) is 14.0. The van der Waals surface area contributed by atoms with Crippen LogP contribution in [0, 0.1) is 12.8 Å². The van der Waals surface area contributed by atoms with Gasteiger partial charge in [0.2, 0.25) is 5.89 Å². The minimum atomic E-state index is -0.446. The van der Waals surface area contributed by atoms with Gasteiger partial charge >= 0.3 is 6.09 Å². The maximum Gasteiger partial charge on any atom is 0.410 e. The summed E-state index contributed by atoms with van der Waals surface area (Å²) in [6.07, 6.45) is 1.43. The van der Waals surface area contributed by atoms with Crippen molar-refractivity contribution in [3.8, 4) is 0 Å². The highest BCUT2D eigenvalue weighted by Gasteiger charge is 2.30. The van der Waals surface area contributed by atoms with E-state index in [1.54, 1.807) is 11.8 Å².